The minimum atomic E-state index is 0.695. The SMILES string of the molecule is COCCOCCCCNC1CC(c2ccccc2C)C1. The number of methoxy groups -OCH3 is 1. The van der Waals surface area contributed by atoms with E-state index in [9.17, 15) is 0 Å². The fourth-order valence-corrected chi connectivity index (χ4v) is 2.96. The Labute approximate surface area is 129 Å². The monoisotopic (exact) mass is 291 g/mol. The van der Waals surface area contributed by atoms with Crippen LogP contribution in [0.5, 0.6) is 0 Å². The molecule has 0 aliphatic heterocycles. The van der Waals surface area contributed by atoms with E-state index in [-0.39, 0.29) is 0 Å². The number of ether oxygens (including phenoxy) is 2. The average molecular weight is 291 g/mol. The van der Waals surface area contributed by atoms with Crippen LogP contribution < -0.4 is 5.32 Å². The summed E-state index contributed by atoms with van der Waals surface area (Å²) in [5.41, 5.74) is 2.98. The second-order valence-electron chi connectivity index (χ2n) is 5.99. The van der Waals surface area contributed by atoms with Gasteiger partial charge in [0.1, 0.15) is 0 Å². The van der Waals surface area contributed by atoms with Crippen LogP contribution >= 0.6 is 0 Å². The normalized spacial score (nSPS) is 21.2. The van der Waals surface area contributed by atoms with Gasteiger partial charge in [-0.2, -0.15) is 0 Å². The van der Waals surface area contributed by atoms with Gasteiger partial charge in [0, 0.05) is 19.8 Å². The Hall–Kier alpha value is -0.900. The van der Waals surface area contributed by atoms with Crippen molar-refractivity contribution in [2.24, 2.45) is 0 Å². The molecule has 21 heavy (non-hydrogen) atoms. The molecule has 0 bridgehead atoms. The number of unbranched alkanes of at least 4 members (excludes halogenated alkanes) is 1. The smallest absolute Gasteiger partial charge is 0.0700 e. The number of benzene rings is 1. The molecular weight excluding hydrogens is 262 g/mol. The van der Waals surface area contributed by atoms with Gasteiger partial charge >= 0.3 is 0 Å². The molecule has 1 aliphatic carbocycles. The van der Waals surface area contributed by atoms with Gasteiger partial charge in [-0.05, 0) is 56.2 Å². The third kappa shape index (κ3) is 5.42. The van der Waals surface area contributed by atoms with E-state index in [2.05, 4.69) is 36.5 Å². The van der Waals surface area contributed by atoms with Crippen LogP contribution in [0.2, 0.25) is 0 Å². The number of aryl methyl sites for hydroxylation is 1. The van der Waals surface area contributed by atoms with E-state index in [0.29, 0.717) is 19.3 Å². The van der Waals surface area contributed by atoms with Crippen LogP contribution in [0.15, 0.2) is 24.3 Å². The van der Waals surface area contributed by atoms with Gasteiger partial charge in [0.2, 0.25) is 0 Å². The highest BCUT2D eigenvalue weighted by Crippen LogP contribution is 2.38. The Morgan fingerprint density at radius 1 is 1.10 bits per heavy atom. The van der Waals surface area contributed by atoms with E-state index < -0.39 is 0 Å². The first-order valence-corrected chi connectivity index (χ1v) is 8.17. The maximum absolute atomic E-state index is 5.46. The molecule has 3 heteroatoms. The van der Waals surface area contributed by atoms with Crippen molar-refractivity contribution in [3.63, 3.8) is 0 Å². The van der Waals surface area contributed by atoms with Gasteiger partial charge in [0.25, 0.3) is 0 Å². The summed E-state index contributed by atoms with van der Waals surface area (Å²) < 4.78 is 10.4. The molecule has 0 amide bonds. The van der Waals surface area contributed by atoms with Crippen LogP contribution in [0.25, 0.3) is 0 Å². The molecule has 0 radical (unpaired) electrons. The third-order valence-corrected chi connectivity index (χ3v) is 4.35. The van der Waals surface area contributed by atoms with Crippen molar-refractivity contribution in [2.75, 3.05) is 33.5 Å². The van der Waals surface area contributed by atoms with Gasteiger partial charge < -0.3 is 14.8 Å². The minimum absolute atomic E-state index is 0.695. The van der Waals surface area contributed by atoms with Crippen molar-refractivity contribution in [2.45, 2.75) is 44.6 Å². The summed E-state index contributed by atoms with van der Waals surface area (Å²) in [6.07, 6.45) is 4.90. The van der Waals surface area contributed by atoms with Crippen LogP contribution in [0, 0.1) is 6.92 Å². The fraction of sp³-hybridized carbons (Fsp3) is 0.667. The highest BCUT2D eigenvalue weighted by molar-refractivity contribution is 5.31. The van der Waals surface area contributed by atoms with Gasteiger partial charge in [0.05, 0.1) is 13.2 Å². The lowest BCUT2D eigenvalue weighted by atomic mass is 9.74. The molecule has 0 aromatic heterocycles. The Bertz CT molecular complexity index is 402. The molecule has 1 fully saturated rings. The first kappa shape index (κ1) is 16.5. The third-order valence-electron chi connectivity index (χ3n) is 4.35. The molecule has 0 atom stereocenters. The molecule has 1 aromatic rings. The van der Waals surface area contributed by atoms with E-state index in [1.165, 1.54) is 24.8 Å². The summed E-state index contributed by atoms with van der Waals surface area (Å²) in [6.45, 7) is 5.59. The number of nitrogens with one attached hydrogen (secondary N) is 1. The number of rotatable bonds is 10. The van der Waals surface area contributed by atoms with E-state index in [1.54, 1.807) is 12.7 Å². The Balaban J connectivity index is 1.49. The lowest BCUT2D eigenvalue weighted by molar-refractivity contribution is 0.0686. The van der Waals surface area contributed by atoms with Crippen LogP contribution in [0.4, 0.5) is 0 Å². The van der Waals surface area contributed by atoms with Crippen molar-refractivity contribution >= 4 is 0 Å². The first-order chi connectivity index (χ1) is 10.3. The number of hydrogen-bond donors (Lipinski definition) is 1. The van der Waals surface area contributed by atoms with Crippen LogP contribution in [0.3, 0.4) is 0 Å². The van der Waals surface area contributed by atoms with Gasteiger partial charge in [-0.25, -0.2) is 0 Å². The largest absolute Gasteiger partial charge is 0.382 e. The van der Waals surface area contributed by atoms with E-state index in [0.717, 1.165) is 25.5 Å². The van der Waals surface area contributed by atoms with Crippen molar-refractivity contribution in [1.82, 2.24) is 5.32 Å². The van der Waals surface area contributed by atoms with E-state index in [4.69, 9.17) is 9.47 Å². The lowest BCUT2D eigenvalue weighted by Gasteiger charge is -2.37. The van der Waals surface area contributed by atoms with E-state index >= 15 is 0 Å². The predicted molar refractivity (Wildman–Crippen MR) is 86.9 cm³/mol. The molecular formula is C18H29NO2. The molecule has 0 saturated heterocycles. The van der Waals surface area contributed by atoms with Gasteiger partial charge in [-0.15, -0.1) is 0 Å². The van der Waals surface area contributed by atoms with Crippen molar-refractivity contribution in [3.05, 3.63) is 35.4 Å². The lowest BCUT2D eigenvalue weighted by Crippen LogP contribution is -2.40. The maximum Gasteiger partial charge on any atom is 0.0700 e. The molecule has 0 unspecified atom stereocenters. The molecule has 1 N–H and O–H groups in total. The Morgan fingerprint density at radius 3 is 2.67 bits per heavy atom. The van der Waals surface area contributed by atoms with Gasteiger partial charge in [-0.3, -0.25) is 0 Å². The zero-order valence-corrected chi connectivity index (χ0v) is 13.4. The molecule has 2 rings (SSSR count). The molecule has 118 valence electrons. The van der Waals surface area contributed by atoms with Crippen molar-refractivity contribution in [1.29, 1.82) is 0 Å². The highest BCUT2D eigenvalue weighted by atomic mass is 16.5. The molecule has 3 nitrogen and oxygen atoms in total. The predicted octanol–water partition coefficient (Wildman–Crippen LogP) is 3.27. The van der Waals surface area contributed by atoms with Gasteiger partial charge in [0.15, 0.2) is 0 Å². The zero-order valence-electron chi connectivity index (χ0n) is 13.4. The maximum atomic E-state index is 5.46. The average Bonchev–Trinajstić information content (AvgIpc) is 2.45. The van der Waals surface area contributed by atoms with Crippen LogP contribution in [-0.4, -0.2) is 39.5 Å². The summed E-state index contributed by atoms with van der Waals surface area (Å²) in [4.78, 5) is 0. The zero-order chi connectivity index (χ0) is 14.9. The highest BCUT2D eigenvalue weighted by Gasteiger charge is 2.30. The summed E-state index contributed by atoms with van der Waals surface area (Å²) >= 11 is 0. The summed E-state index contributed by atoms with van der Waals surface area (Å²) in [6, 6.07) is 9.51. The second kappa shape index (κ2) is 9.19. The molecule has 1 aliphatic rings. The standard InChI is InChI=1S/C18H29NO2/c1-15-7-3-4-8-18(15)16-13-17(14-16)19-9-5-6-10-21-12-11-20-2/h3-4,7-8,16-17,19H,5-6,9-14H2,1-2H3. The van der Waals surface area contributed by atoms with Crippen molar-refractivity contribution in [3.8, 4) is 0 Å². The number of hydrogen-bond acceptors (Lipinski definition) is 3. The quantitative estimate of drug-likeness (QED) is 0.671. The molecule has 0 spiro atoms. The van der Waals surface area contributed by atoms with E-state index in [1.807, 2.05) is 0 Å². The second-order valence-corrected chi connectivity index (χ2v) is 5.99. The first-order valence-electron chi connectivity index (χ1n) is 8.17. The molecule has 0 heterocycles. The van der Waals surface area contributed by atoms with Crippen molar-refractivity contribution < 1.29 is 9.47 Å². The van der Waals surface area contributed by atoms with Gasteiger partial charge in [-0.1, -0.05) is 24.3 Å². The molecule has 1 saturated carbocycles. The topological polar surface area (TPSA) is 30.5 Å². The summed E-state index contributed by atoms with van der Waals surface area (Å²) in [5, 5.41) is 3.66. The van der Waals surface area contributed by atoms with Crippen LogP contribution in [-0.2, 0) is 9.47 Å². The van der Waals surface area contributed by atoms with Crippen LogP contribution in [0.1, 0.15) is 42.7 Å². The summed E-state index contributed by atoms with van der Waals surface area (Å²) in [5.74, 6) is 0.765. The Kier molecular flexibility index (Phi) is 7.20. The summed E-state index contributed by atoms with van der Waals surface area (Å²) in [7, 11) is 1.70. The molecule has 1 aromatic carbocycles. The Morgan fingerprint density at radius 2 is 1.90 bits per heavy atom. The minimum Gasteiger partial charge on any atom is -0.382 e. The fourth-order valence-electron chi connectivity index (χ4n) is 2.96.